The molecule has 0 heterocycles. The van der Waals surface area contributed by atoms with Gasteiger partial charge in [-0.1, -0.05) is 31.2 Å². The number of allylic oxidation sites excluding steroid dienone is 2. The predicted octanol–water partition coefficient (Wildman–Crippen LogP) is 6.22. The fraction of sp³-hybridized carbons (Fsp3) is 0.556. The third-order valence-corrected chi connectivity index (χ3v) is 4.30. The molecule has 1 nitrogen and oxygen atoms in total. The van der Waals surface area contributed by atoms with Crippen LogP contribution in [0.1, 0.15) is 56.9 Å². The molecule has 0 bridgehead atoms. The van der Waals surface area contributed by atoms with E-state index < -0.39 is 6.36 Å². The molecule has 0 atom stereocenters. The molecule has 0 amide bonds. The summed E-state index contributed by atoms with van der Waals surface area (Å²) < 4.78 is 40.3. The van der Waals surface area contributed by atoms with Gasteiger partial charge < -0.3 is 4.74 Å². The summed E-state index contributed by atoms with van der Waals surface area (Å²) >= 11 is 0. The van der Waals surface area contributed by atoms with Crippen LogP contribution in [0.5, 0.6) is 5.75 Å². The van der Waals surface area contributed by atoms with Gasteiger partial charge in [-0.3, -0.25) is 0 Å². The minimum Gasteiger partial charge on any atom is -0.406 e. The van der Waals surface area contributed by atoms with E-state index >= 15 is 0 Å². The molecular weight excluding hydrogens is 289 g/mol. The average molecular weight is 312 g/mol. The van der Waals surface area contributed by atoms with Crippen molar-refractivity contribution in [3.05, 3.63) is 42.0 Å². The fourth-order valence-electron chi connectivity index (χ4n) is 3.13. The number of benzene rings is 1. The zero-order chi connectivity index (χ0) is 16.0. The van der Waals surface area contributed by atoms with Crippen molar-refractivity contribution < 1.29 is 17.9 Å². The maximum Gasteiger partial charge on any atom is 0.573 e. The van der Waals surface area contributed by atoms with Gasteiger partial charge in [0, 0.05) is 0 Å². The Bertz CT molecular complexity index is 468. The second-order valence-corrected chi connectivity index (χ2v) is 5.95. The monoisotopic (exact) mass is 312 g/mol. The quantitative estimate of drug-likeness (QED) is 0.587. The first-order valence-corrected chi connectivity index (χ1v) is 7.98. The van der Waals surface area contributed by atoms with E-state index in [9.17, 15) is 13.2 Å². The van der Waals surface area contributed by atoms with Crippen molar-refractivity contribution in [2.75, 3.05) is 0 Å². The highest BCUT2D eigenvalue weighted by atomic mass is 19.4. The standard InChI is InChI=1S/C18H23F3O/c1-2-3-4-5-14-6-8-15(9-7-14)16-10-12-17(13-11-16)22-18(19,20)21/h3-4,10-15H,2,5-9H2,1H3/t14-,15-. The number of rotatable bonds is 5. The Kier molecular flexibility index (Phi) is 5.92. The molecule has 1 saturated carbocycles. The van der Waals surface area contributed by atoms with Crippen molar-refractivity contribution in [3.63, 3.8) is 0 Å². The van der Waals surface area contributed by atoms with Gasteiger partial charge in [0.15, 0.2) is 0 Å². The normalized spacial score (nSPS) is 22.9. The minimum atomic E-state index is -4.62. The second kappa shape index (κ2) is 7.70. The highest BCUT2D eigenvalue weighted by Gasteiger charge is 2.31. The number of halogens is 3. The Labute approximate surface area is 130 Å². The highest BCUT2D eigenvalue weighted by Crippen LogP contribution is 2.37. The van der Waals surface area contributed by atoms with Gasteiger partial charge in [0.25, 0.3) is 0 Å². The van der Waals surface area contributed by atoms with Crippen LogP contribution < -0.4 is 4.74 Å². The van der Waals surface area contributed by atoms with Gasteiger partial charge >= 0.3 is 6.36 Å². The van der Waals surface area contributed by atoms with E-state index in [1.165, 1.54) is 25.0 Å². The van der Waals surface area contributed by atoms with Crippen molar-refractivity contribution in [1.29, 1.82) is 0 Å². The van der Waals surface area contributed by atoms with Crippen LogP contribution in [-0.2, 0) is 0 Å². The fourth-order valence-corrected chi connectivity index (χ4v) is 3.13. The molecule has 2 rings (SSSR count). The number of hydrogen-bond donors (Lipinski definition) is 0. The summed E-state index contributed by atoms with van der Waals surface area (Å²) in [5, 5.41) is 0. The summed E-state index contributed by atoms with van der Waals surface area (Å²) in [6, 6.07) is 6.36. The van der Waals surface area contributed by atoms with Crippen molar-refractivity contribution in [1.82, 2.24) is 0 Å². The minimum absolute atomic E-state index is 0.144. The first-order chi connectivity index (χ1) is 10.5. The number of ether oxygens (including phenoxy) is 1. The first kappa shape index (κ1) is 16.9. The third kappa shape index (κ3) is 5.39. The zero-order valence-corrected chi connectivity index (χ0v) is 12.9. The van der Waals surface area contributed by atoms with Crippen LogP contribution in [0, 0.1) is 5.92 Å². The molecule has 1 aliphatic carbocycles. The Morgan fingerprint density at radius 3 is 2.23 bits per heavy atom. The smallest absolute Gasteiger partial charge is 0.406 e. The number of hydrogen-bond acceptors (Lipinski definition) is 1. The highest BCUT2D eigenvalue weighted by molar-refractivity contribution is 5.29. The Balaban J connectivity index is 1.85. The topological polar surface area (TPSA) is 9.23 Å². The van der Waals surface area contributed by atoms with Gasteiger partial charge in [-0.2, -0.15) is 0 Å². The lowest BCUT2D eigenvalue weighted by molar-refractivity contribution is -0.274. The molecule has 1 fully saturated rings. The van der Waals surface area contributed by atoms with E-state index in [-0.39, 0.29) is 5.75 Å². The summed E-state index contributed by atoms with van der Waals surface area (Å²) in [5.74, 6) is 1.08. The summed E-state index contributed by atoms with van der Waals surface area (Å²) in [6.45, 7) is 2.14. The molecule has 4 heteroatoms. The summed E-state index contributed by atoms with van der Waals surface area (Å²) in [4.78, 5) is 0. The Morgan fingerprint density at radius 2 is 1.68 bits per heavy atom. The Morgan fingerprint density at radius 1 is 1.05 bits per heavy atom. The third-order valence-electron chi connectivity index (χ3n) is 4.30. The molecule has 0 aromatic heterocycles. The molecule has 0 unspecified atom stereocenters. The maximum absolute atomic E-state index is 12.1. The summed E-state index contributed by atoms with van der Waals surface area (Å²) in [5.41, 5.74) is 1.12. The maximum atomic E-state index is 12.1. The van der Waals surface area contributed by atoms with Crippen LogP contribution in [0.4, 0.5) is 13.2 Å². The van der Waals surface area contributed by atoms with Crippen LogP contribution in [0.3, 0.4) is 0 Å². The molecule has 0 N–H and O–H groups in total. The Hall–Kier alpha value is -1.45. The largest absolute Gasteiger partial charge is 0.573 e. The van der Waals surface area contributed by atoms with Crippen LogP contribution >= 0.6 is 0 Å². The second-order valence-electron chi connectivity index (χ2n) is 5.95. The molecule has 122 valence electrons. The molecule has 1 aromatic carbocycles. The van der Waals surface area contributed by atoms with Crippen molar-refractivity contribution in [3.8, 4) is 5.75 Å². The first-order valence-electron chi connectivity index (χ1n) is 7.98. The molecule has 1 aliphatic rings. The van der Waals surface area contributed by atoms with Gasteiger partial charge in [-0.05, 0) is 68.1 Å². The summed E-state index contributed by atoms with van der Waals surface area (Å²) in [7, 11) is 0. The van der Waals surface area contributed by atoms with E-state index in [4.69, 9.17) is 0 Å². The zero-order valence-electron chi connectivity index (χ0n) is 12.9. The van der Waals surface area contributed by atoms with E-state index in [0.717, 1.165) is 37.2 Å². The molecule has 0 aliphatic heterocycles. The van der Waals surface area contributed by atoms with Gasteiger partial charge in [-0.15, -0.1) is 13.2 Å². The molecule has 1 aromatic rings. The van der Waals surface area contributed by atoms with Crippen LogP contribution in [0.2, 0.25) is 0 Å². The van der Waals surface area contributed by atoms with Crippen LogP contribution in [0.15, 0.2) is 36.4 Å². The molecule has 22 heavy (non-hydrogen) atoms. The van der Waals surface area contributed by atoms with E-state index in [0.29, 0.717) is 5.92 Å². The molecular formula is C18H23F3O. The van der Waals surface area contributed by atoms with Crippen molar-refractivity contribution in [2.45, 2.75) is 57.7 Å². The van der Waals surface area contributed by atoms with Crippen LogP contribution in [0.25, 0.3) is 0 Å². The molecule has 0 radical (unpaired) electrons. The molecule has 0 saturated heterocycles. The van der Waals surface area contributed by atoms with E-state index in [2.05, 4.69) is 23.8 Å². The van der Waals surface area contributed by atoms with Gasteiger partial charge in [-0.25, -0.2) is 0 Å². The van der Waals surface area contributed by atoms with Crippen molar-refractivity contribution >= 4 is 0 Å². The lowest BCUT2D eigenvalue weighted by Crippen LogP contribution is -2.17. The SMILES string of the molecule is CCC=CC[C@H]1CC[C@H](c2ccc(OC(F)(F)F)cc2)CC1. The van der Waals surface area contributed by atoms with Gasteiger partial charge in [0.05, 0.1) is 0 Å². The van der Waals surface area contributed by atoms with Crippen LogP contribution in [-0.4, -0.2) is 6.36 Å². The van der Waals surface area contributed by atoms with Gasteiger partial charge in [0.2, 0.25) is 0 Å². The van der Waals surface area contributed by atoms with Gasteiger partial charge in [0.1, 0.15) is 5.75 Å². The lowest BCUT2D eigenvalue weighted by Gasteiger charge is -2.28. The number of alkyl halides is 3. The molecule has 0 spiro atoms. The lowest BCUT2D eigenvalue weighted by atomic mass is 9.77. The average Bonchev–Trinajstić information content (AvgIpc) is 2.48. The summed E-state index contributed by atoms with van der Waals surface area (Å²) in [6.07, 6.45) is 6.72. The predicted molar refractivity (Wildman–Crippen MR) is 81.9 cm³/mol. The van der Waals surface area contributed by atoms with E-state index in [1.807, 2.05) is 0 Å². The van der Waals surface area contributed by atoms with Crippen molar-refractivity contribution in [2.24, 2.45) is 5.92 Å². The van der Waals surface area contributed by atoms with E-state index in [1.54, 1.807) is 12.1 Å².